The summed E-state index contributed by atoms with van der Waals surface area (Å²) in [4.78, 5) is 41.5. The highest BCUT2D eigenvalue weighted by Crippen LogP contribution is 2.39. The van der Waals surface area contributed by atoms with Crippen molar-refractivity contribution < 1.29 is 18.8 Å². The number of carbonyl (C=O) groups is 3. The van der Waals surface area contributed by atoms with Crippen molar-refractivity contribution in [2.24, 2.45) is 5.92 Å². The van der Waals surface area contributed by atoms with Crippen LogP contribution in [-0.2, 0) is 16.1 Å². The average Bonchev–Trinajstić information content (AvgIpc) is 2.92. The van der Waals surface area contributed by atoms with Gasteiger partial charge in [-0.25, -0.2) is 4.39 Å². The van der Waals surface area contributed by atoms with Crippen molar-refractivity contribution in [3.05, 3.63) is 29.7 Å². The molecule has 3 amide bonds. The largest absolute Gasteiger partial charge is 0.351 e. The third kappa shape index (κ3) is 4.93. The molecule has 35 heavy (non-hydrogen) atoms. The zero-order chi connectivity index (χ0) is 25.3. The first-order valence-corrected chi connectivity index (χ1v) is 12.8. The Balaban J connectivity index is 1.80. The molecule has 2 heterocycles. The van der Waals surface area contributed by atoms with Crippen LogP contribution in [0.25, 0.3) is 10.9 Å². The minimum absolute atomic E-state index is 0.107. The molecule has 0 spiro atoms. The van der Waals surface area contributed by atoms with Crippen LogP contribution in [0.4, 0.5) is 10.1 Å². The first kappa shape index (κ1) is 25.2. The van der Waals surface area contributed by atoms with Crippen molar-refractivity contribution in [2.75, 3.05) is 11.9 Å². The van der Waals surface area contributed by atoms with Gasteiger partial charge in [-0.2, -0.15) is 0 Å². The van der Waals surface area contributed by atoms with Gasteiger partial charge >= 0.3 is 0 Å². The van der Waals surface area contributed by atoms with Crippen molar-refractivity contribution in [1.82, 2.24) is 14.8 Å². The molecule has 190 valence electrons. The number of anilines is 1. The second-order valence-corrected chi connectivity index (χ2v) is 10.7. The number of halogens is 1. The van der Waals surface area contributed by atoms with Gasteiger partial charge in [-0.15, -0.1) is 0 Å². The predicted molar refractivity (Wildman–Crippen MR) is 135 cm³/mol. The summed E-state index contributed by atoms with van der Waals surface area (Å²) in [6.07, 6.45) is 7.19. The van der Waals surface area contributed by atoms with Crippen LogP contribution >= 0.6 is 0 Å². The third-order valence-electron chi connectivity index (χ3n) is 7.45. The van der Waals surface area contributed by atoms with Crippen molar-refractivity contribution in [3.63, 3.8) is 0 Å². The molecule has 2 aromatic rings. The number of nitrogens with one attached hydrogen (secondary N) is 2. The smallest absolute Gasteiger partial charge is 0.273 e. The normalized spacial score (nSPS) is 21.2. The van der Waals surface area contributed by atoms with Crippen LogP contribution in [-0.4, -0.2) is 45.3 Å². The average molecular weight is 485 g/mol. The predicted octanol–water partition coefficient (Wildman–Crippen LogP) is 4.84. The summed E-state index contributed by atoms with van der Waals surface area (Å²) in [5.74, 6) is -0.933. The number of aromatic nitrogens is 1. The number of hydrogen-bond donors (Lipinski definition) is 2. The van der Waals surface area contributed by atoms with Gasteiger partial charge in [0, 0.05) is 24.9 Å². The highest BCUT2D eigenvalue weighted by atomic mass is 19.1. The maximum absolute atomic E-state index is 14.2. The molecule has 1 saturated carbocycles. The number of fused-ring (bicyclic) bond motifs is 3. The number of carbonyl (C=O) groups excluding carboxylic acids is 3. The van der Waals surface area contributed by atoms with E-state index < -0.39 is 11.4 Å². The fourth-order valence-corrected chi connectivity index (χ4v) is 5.46. The van der Waals surface area contributed by atoms with Gasteiger partial charge in [-0.3, -0.25) is 14.4 Å². The van der Waals surface area contributed by atoms with E-state index >= 15 is 0 Å². The highest BCUT2D eigenvalue weighted by molar-refractivity contribution is 6.14. The molecule has 4 rings (SSSR count). The molecule has 1 aliphatic heterocycles. The number of rotatable bonds is 6. The molecule has 8 heteroatoms. The lowest BCUT2D eigenvalue weighted by molar-refractivity contribution is -0.133. The minimum Gasteiger partial charge on any atom is -0.351 e. The maximum Gasteiger partial charge on any atom is 0.273 e. The Hall–Kier alpha value is -2.90. The van der Waals surface area contributed by atoms with Gasteiger partial charge in [0.2, 0.25) is 11.8 Å². The molecule has 0 bridgehead atoms. The lowest BCUT2D eigenvalue weighted by atomic mass is 9.92. The standard InChI is InChI=1S/C27H37FN4O3/c1-17(2)13-14-32-25(34)24-23(29-18(3)33)21-15-19(28)11-12-22(21)31(24)16-27(32,4)26(35)30-20-9-7-5-6-8-10-20/h11-12,15,17,20H,5-10,13-14,16H2,1-4H3,(H,29,33)(H,30,35). The SMILES string of the molecule is CC(=O)Nc1c2n(c3ccc(F)cc13)CC(C)(C(=O)NC1CCCCCC1)N(CCC(C)C)C2=O. The molecular formula is C27H37FN4O3. The van der Waals surface area contributed by atoms with E-state index in [1.807, 2.05) is 6.92 Å². The Morgan fingerprint density at radius 1 is 1.17 bits per heavy atom. The zero-order valence-electron chi connectivity index (χ0n) is 21.2. The van der Waals surface area contributed by atoms with Gasteiger partial charge in [0.1, 0.15) is 17.1 Å². The van der Waals surface area contributed by atoms with Gasteiger partial charge in [-0.05, 0) is 50.3 Å². The summed E-state index contributed by atoms with van der Waals surface area (Å²) < 4.78 is 16.0. The summed E-state index contributed by atoms with van der Waals surface area (Å²) in [7, 11) is 0. The van der Waals surface area contributed by atoms with Crippen molar-refractivity contribution >= 4 is 34.3 Å². The third-order valence-corrected chi connectivity index (χ3v) is 7.45. The monoisotopic (exact) mass is 484 g/mol. The fraction of sp³-hybridized carbons (Fsp3) is 0.593. The van der Waals surface area contributed by atoms with Gasteiger partial charge < -0.3 is 20.1 Å². The molecule has 1 fully saturated rings. The van der Waals surface area contributed by atoms with Gasteiger partial charge in [0.15, 0.2) is 0 Å². The lowest BCUT2D eigenvalue weighted by Crippen LogP contribution is -2.65. The van der Waals surface area contributed by atoms with Crippen molar-refractivity contribution in [1.29, 1.82) is 0 Å². The van der Waals surface area contributed by atoms with E-state index in [0.29, 0.717) is 34.7 Å². The first-order chi connectivity index (χ1) is 16.6. The zero-order valence-corrected chi connectivity index (χ0v) is 21.2. The van der Waals surface area contributed by atoms with E-state index in [4.69, 9.17) is 0 Å². The van der Waals surface area contributed by atoms with Crippen LogP contribution < -0.4 is 10.6 Å². The molecule has 1 aliphatic carbocycles. The summed E-state index contributed by atoms with van der Waals surface area (Å²) in [6.45, 7) is 8.00. The second kappa shape index (κ2) is 9.99. The molecule has 0 saturated heterocycles. The number of nitrogens with zero attached hydrogens (tertiary/aromatic N) is 2. The Labute approximate surface area is 206 Å². The topological polar surface area (TPSA) is 83.4 Å². The summed E-state index contributed by atoms with van der Waals surface area (Å²) in [5, 5.41) is 6.47. The molecular weight excluding hydrogens is 447 g/mol. The Morgan fingerprint density at radius 3 is 2.49 bits per heavy atom. The van der Waals surface area contributed by atoms with E-state index in [1.165, 1.54) is 31.9 Å². The van der Waals surface area contributed by atoms with E-state index in [9.17, 15) is 18.8 Å². The van der Waals surface area contributed by atoms with Gasteiger partial charge in [0.05, 0.1) is 17.7 Å². The van der Waals surface area contributed by atoms with Crippen molar-refractivity contribution in [2.45, 2.75) is 90.8 Å². The summed E-state index contributed by atoms with van der Waals surface area (Å²) >= 11 is 0. The maximum atomic E-state index is 14.2. The summed E-state index contributed by atoms with van der Waals surface area (Å²) in [5.41, 5.74) is 0.108. The van der Waals surface area contributed by atoms with Crippen LogP contribution in [0.1, 0.15) is 83.1 Å². The fourth-order valence-electron chi connectivity index (χ4n) is 5.46. The van der Waals surface area contributed by atoms with E-state index in [-0.39, 0.29) is 30.3 Å². The van der Waals surface area contributed by atoms with E-state index in [2.05, 4.69) is 24.5 Å². The second-order valence-electron chi connectivity index (χ2n) is 10.7. The molecule has 0 radical (unpaired) electrons. The van der Waals surface area contributed by atoms with Gasteiger partial charge in [-0.1, -0.05) is 39.5 Å². The Morgan fingerprint density at radius 2 is 1.86 bits per heavy atom. The number of hydrogen-bond acceptors (Lipinski definition) is 3. The molecule has 2 N–H and O–H groups in total. The molecule has 1 unspecified atom stereocenters. The first-order valence-electron chi connectivity index (χ1n) is 12.8. The van der Waals surface area contributed by atoms with E-state index in [1.54, 1.807) is 15.5 Å². The van der Waals surface area contributed by atoms with Gasteiger partial charge in [0.25, 0.3) is 5.91 Å². The number of benzene rings is 1. The van der Waals surface area contributed by atoms with Crippen LogP contribution in [0.3, 0.4) is 0 Å². The van der Waals surface area contributed by atoms with Crippen LogP contribution in [0, 0.1) is 11.7 Å². The molecule has 2 aliphatic rings. The molecule has 1 aromatic heterocycles. The highest BCUT2D eigenvalue weighted by Gasteiger charge is 2.49. The molecule has 7 nitrogen and oxygen atoms in total. The van der Waals surface area contributed by atoms with Crippen LogP contribution in [0.2, 0.25) is 0 Å². The lowest BCUT2D eigenvalue weighted by Gasteiger charge is -2.45. The van der Waals surface area contributed by atoms with Crippen molar-refractivity contribution in [3.8, 4) is 0 Å². The number of amides is 3. The molecule has 1 atom stereocenters. The Bertz CT molecular complexity index is 1130. The Kier molecular flexibility index (Phi) is 7.20. The van der Waals surface area contributed by atoms with E-state index in [0.717, 1.165) is 32.1 Å². The van der Waals surface area contributed by atoms with Crippen LogP contribution in [0.15, 0.2) is 18.2 Å². The summed E-state index contributed by atoms with van der Waals surface area (Å²) in [6, 6.07) is 4.39. The minimum atomic E-state index is -1.11. The van der Waals surface area contributed by atoms with Crippen LogP contribution in [0.5, 0.6) is 0 Å². The quantitative estimate of drug-likeness (QED) is 0.576. The molecule has 1 aromatic carbocycles.